The predicted octanol–water partition coefficient (Wildman–Crippen LogP) is 2.60. The van der Waals surface area contributed by atoms with E-state index in [1.54, 1.807) is 5.92 Å². The summed E-state index contributed by atoms with van der Waals surface area (Å²) in [6.45, 7) is 6.13. The van der Waals surface area contributed by atoms with Crippen molar-refractivity contribution in [3.63, 3.8) is 0 Å². The van der Waals surface area contributed by atoms with Crippen LogP contribution in [-0.2, 0) is 21.1 Å². The van der Waals surface area contributed by atoms with E-state index in [0.717, 1.165) is 12.3 Å². The molecule has 52 valence electrons. The molecule has 1 aliphatic carbocycles. The van der Waals surface area contributed by atoms with Crippen molar-refractivity contribution < 1.29 is 21.1 Å². The van der Waals surface area contributed by atoms with Gasteiger partial charge in [0, 0.05) is 0 Å². The van der Waals surface area contributed by atoms with Crippen LogP contribution >= 0.6 is 0 Å². The van der Waals surface area contributed by atoms with Crippen molar-refractivity contribution >= 4 is 0 Å². The quantitative estimate of drug-likeness (QED) is 0.702. The summed E-state index contributed by atoms with van der Waals surface area (Å²) in [6, 6.07) is 0. The van der Waals surface area contributed by atoms with Gasteiger partial charge in [-0.3, -0.25) is 0 Å². The summed E-state index contributed by atoms with van der Waals surface area (Å²) in [5, 5.41) is 0. The van der Waals surface area contributed by atoms with Crippen molar-refractivity contribution in [2.45, 2.75) is 32.6 Å². The van der Waals surface area contributed by atoms with E-state index in [-0.39, 0.29) is 21.1 Å². The van der Waals surface area contributed by atoms with Crippen molar-refractivity contribution in [2.24, 2.45) is 5.92 Å². The van der Waals surface area contributed by atoms with Gasteiger partial charge in [0.25, 0.3) is 0 Å². The maximum Gasteiger partial charge on any atom is 2.00 e. The summed E-state index contributed by atoms with van der Waals surface area (Å²) in [4.78, 5) is 0. The molecule has 0 spiro atoms. The first-order valence-corrected chi connectivity index (χ1v) is 3.45. The first-order valence-electron chi connectivity index (χ1n) is 3.45. The van der Waals surface area contributed by atoms with E-state index in [0.29, 0.717) is 0 Å². The molecule has 9 heavy (non-hydrogen) atoms. The first kappa shape index (κ1) is 9.69. The van der Waals surface area contributed by atoms with Crippen LogP contribution in [0.5, 0.6) is 0 Å². The molecule has 1 heteroatoms. The zero-order valence-corrected chi connectivity index (χ0v) is 8.95. The maximum atomic E-state index is 3.85. The molecule has 1 rings (SSSR count). The van der Waals surface area contributed by atoms with E-state index in [1.807, 2.05) is 0 Å². The summed E-state index contributed by atoms with van der Waals surface area (Å²) in [6.07, 6.45) is 5.27. The van der Waals surface area contributed by atoms with E-state index in [9.17, 15) is 0 Å². The van der Waals surface area contributed by atoms with Gasteiger partial charge >= 0.3 is 21.1 Å². The molecule has 1 unspecified atom stereocenters. The minimum absolute atomic E-state index is 0. The van der Waals surface area contributed by atoms with Gasteiger partial charge in [0.05, 0.1) is 0 Å². The molecule has 0 saturated heterocycles. The molecule has 1 saturated carbocycles. The van der Waals surface area contributed by atoms with Crippen LogP contribution in [0.4, 0.5) is 0 Å². The molecular formula is C8H14W. The van der Waals surface area contributed by atoms with Gasteiger partial charge in [0.2, 0.25) is 0 Å². The van der Waals surface area contributed by atoms with E-state index in [1.165, 1.54) is 19.3 Å². The Kier molecular flexibility index (Phi) is 4.84. The second kappa shape index (κ2) is 4.50. The van der Waals surface area contributed by atoms with Crippen LogP contribution in [-0.4, -0.2) is 0 Å². The normalized spacial score (nSPS) is 20.7. The van der Waals surface area contributed by atoms with E-state index < -0.39 is 0 Å². The fourth-order valence-corrected chi connectivity index (χ4v) is 0.887. The third-order valence-corrected chi connectivity index (χ3v) is 1.73. The summed E-state index contributed by atoms with van der Waals surface area (Å²) in [7, 11) is 0. The average molecular weight is 294 g/mol. The molecule has 0 aromatic carbocycles. The third kappa shape index (κ3) is 4.14. The zero-order chi connectivity index (χ0) is 5.98. The fraction of sp³-hybridized carbons (Fsp3) is 0.750. The molecule has 1 fully saturated rings. The largest absolute Gasteiger partial charge is 2.00 e. The maximum absolute atomic E-state index is 3.85. The topological polar surface area (TPSA) is 0 Å². The Morgan fingerprint density at radius 2 is 2.11 bits per heavy atom. The zero-order valence-electron chi connectivity index (χ0n) is 6.02. The fourth-order valence-electron chi connectivity index (χ4n) is 0.887. The molecular weight excluding hydrogens is 280 g/mol. The Bertz CT molecular complexity index is 67.0. The predicted molar refractivity (Wildman–Crippen MR) is 36.2 cm³/mol. The molecule has 0 nitrogen and oxygen atoms in total. The minimum Gasteiger partial charge on any atom is -0.343 e. The van der Waals surface area contributed by atoms with Crippen molar-refractivity contribution in [1.29, 1.82) is 0 Å². The van der Waals surface area contributed by atoms with E-state index >= 15 is 0 Å². The van der Waals surface area contributed by atoms with Crippen molar-refractivity contribution in [1.82, 2.24) is 0 Å². The van der Waals surface area contributed by atoms with Crippen LogP contribution in [0.25, 0.3) is 0 Å². The van der Waals surface area contributed by atoms with E-state index in [2.05, 4.69) is 13.8 Å². The van der Waals surface area contributed by atoms with Gasteiger partial charge in [0.1, 0.15) is 0 Å². The molecule has 1 aliphatic rings. The molecule has 1 atom stereocenters. The second-order valence-corrected chi connectivity index (χ2v) is 2.85. The number of hydrogen-bond acceptors (Lipinski definition) is 0. The molecule has 0 aromatic heterocycles. The van der Waals surface area contributed by atoms with E-state index in [4.69, 9.17) is 0 Å². The SMILES string of the molecule is [CH2-]CC(C)C[C-]1CC1.[W+2]. The van der Waals surface area contributed by atoms with Gasteiger partial charge in [-0.15, -0.1) is 0 Å². The second-order valence-electron chi connectivity index (χ2n) is 2.85. The Balaban J connectivity index is 0.000000640. The molecule has 0 N–H and O–H groups in total. The number of rotatable bonds is 3. The molecule has 0 aromatic rings. The van der Waals surface area contributed by atoms with Crippen LogP contribution < -0.4 is 0 Å². The Morgan fingerprint density at radius 3 is 2.44 bits per heavy atom. The molecule has 0 aliphatic heterocycles. The number of hydrogen-bond donors (Lipinski definition) is 0. The van der Waals surface area contributed by atoms with Crippen LogP contribution in [0, 0.1) is 18.8 Å². The van der Waals surface area contributed by atoms with Crippen LogP contribution in [0.15, 0.2) is 0 Å². The van der Waals surface area contributed by atoms with Crippen LogP contribution in [0.1, 0.15) is 32.6 Å². The molecule has 0 bridgehead atoms. The Hall–Kier alpha value is 0.688. The summed E-state index contributed by atoms with van der Waals surface area (Å²) in [5.74, 6) is 2.61. The van der Waals surface area contributed by atoms with Crippen LogP contribution in [0.2, 0.25) is 0 Å². The summed E-state index contributed by atoms with van der Waals surface area (Å²) < 4.78 is 0. The van der Waals surface area contributed by atoms with Crippen molar-refractivity contribution in [3.05, 3.63) is 12.8 Å². The van der Waals surface area contributed by atoms with Gasteiger partial charge < -0.3 is 12.8 Å². The van der Waals surface area contributed by atoms with Gasteiger partial charge in [-0.2, -0.15) is 12.8 Å². The first-order chi connectivity index (χ1) is 3.83. The molecule has 0 heterocycles. The summed E-state index contributed by atoms with van der Waals surface area (Å²) in [5.41, 5.74) is 0. The standard InChI is InChI=1S/C8H14.W/c1-3-7(2)6-8-4-5-8;/h7H,1,3-6H2,2H3;/q-2;+2. The minimum atomic E-state index is 0. The average Bonchev–Trinajstić information content (AvgIpc) is 2.50. The van der Waals surface area contributed by atoms with Gasteiger partial charge in [-0.25, -0.2) is 12.8 Å². The van der Waals surface area contributed by atoms with Gasteiger partial charge in [0.15, 0.2) is 0 Å². The van der Waals surface area contributed by atoms with Crippen LogP contribution in [0.3, 0.4) is 0 Å². The third-order valence-electron chi connectivity index (χ3n) is 1.73. The Labute approximate surface area is 72.7 Å². The summed E-state index contributed by atoms with van der Waals surface area (Å²) >= 11 is 0. The van der Waals surface area contributed by atoms with Gasteiger partial charge in [-0.1, -0.05) is 12.8 Å². The smallest absolute Gasteiger partial charge is 0.343 e. The molecule has 0 radical (unpaired) electrons. The van der Waals surface area contributed by atoms with Gasteiger partial charge in [-0.05, 0) is 0 Å². The van der Waals surface area contributed by atoms with Crippen molar-refractivity contribution in [2.75, 3.05) is 0 Å². The Morgan fingerprint density at radius 1 is 1.56 bits per heavy atom. The molecule has 0 amide bonds. The van der Waals surface area contributed by atoms with Crippen molar-refractivity contribution in [3.8, 4) is 0 Å². The monoisotopic (exact) mass is 294 g/mol.